The molecule has 0 amide bonds. The van der Waals surface area contributed by atoms with Gasteiger partial charge in [0.2, 0.25) is 0 Å². The van der Waals surface area contributed by atoms with Crippen LogP contribution < -0.4 is 5.32 Å². The lowest BCUT2D eigenvalue weighted by Crippen LogP contribution is -2.33. The van der Waals surface area contributed by atoms with Crippen molar-refractivity contribution in [2.75, 3.05) is 5.32 Å². The summed E-state index contributed by atoms with van der Waals surface area (Å²) >= 11 is 1.65. The number of carboxylic acids is 1. The number of carbonyl (C=O) groups is 1. The molecule has 2 atom stereocenters. The Labute approximate surface area is 92.9 Å². The van der Waals surface area contributed by atoms with Crippen molar-refractivity contribution in [3.8, 4) is 0 Å². The van der Waals surface area contributed by atoms with Crippen molar-refractivity contribution < 1.29 is 9.90 Å². The zero-order valence-corrected chi connectivity index (χ0v) is 9.25. The highest BCUT2D eigenvalue weighted by Crippen LogP contribution is 2.38. The third-order valence-corrected chi connectivity index (χ3v) is 3.97. The van der Waals surface area contributed by atoms with E-state index in [0.717, 1.165) is 10.6 Å². The SMILES string of the molecule is CC1Nc2ccccc2SC1CC(=O)O. The smallest absolute Gasteiger partial charge is 0.304 e. The minimum atomic E-state index is -0.736. The van der Waals surface area contributed by atoms with Crippen LogP contribution in [0, 0.1) is 0 Å². The minimum absolute atomic E-state index is 0.109. The molecule has 1 aromatic rings. The lowest BCUT2D eigenvalue weighted by atomic mass is 10.1. The van der Waals surface area contributed by atoms with Crippen LogP contribution in [0.4, 0.5) is 5.69 Å². The van der Waals surface area contributed by atoms with Gasteiger partial charge in [0.05, 0.1) is 6.42 Å². The molecule has 2 N–H and O–H groups in total. The van der Waals surface area contributed by atoms with Crippen molar-refractivity contribution >= 4 is 23.4 Å². The van der Waals surface area contributed by atoms with E-state index in [-0.39, 0.29) is 17.7 Å². The van der Waals surface area contributed by atoms with Crippen molar-refractivity contribution in [3.63, 3.8) is 0 Å². The molecule has 0 radical (unpaired) electrons. The predicted octanol–water partition coefficient (Wildman–Crippen LogP) is 2.44. The monoisotopic (exact) mass is 223 g/mol. The highest BCUT2D eigenvalue weighted by molar-refractivity contribution is 8.00. The molecule has 3 nitrogen and oxygen atoms in total. The summed E-state index contributed by atoms with van der Waals surface area (Å²) < 4.78 is 0. The Hall–Kier alpha value is -1.16. The van der Waals surface area contributed by atoms with Crippen molar-refractivity contribution in [1.29, 1.82) is 0 Å². The van der Waals surface area contributed by atoms with Crippen LogP contribution in [0.1, 0.15) is 13.3 Å². The third-order valence-electron chi connectivity index (χ3n) is 2.48. The maximum Gasteiger partial charge on any atom is 0.304 e. The summed E-state index contributed by atoms with van der Waals surface area (Å²) in [4.78, 5) is 11.8. The number of nitrogens with one attached hydrogen (secondary N) is 1. The first-order valence-corrected chi connectivity index (χ1v) is 5.79. The molecule has 0 aromatic heterocycles. The van der Waals surface area contributed by atoms with Gasteiger partial charge in [-0.25, -0.2) is 0 Å². The summed E-state index contributed by atoms with van der Waals surface area (Å²) in [6.07, 6.45) is 0.202. The molecule has 0 fully saturated rings. The molecule has 80 valence electrons. The molecule has 4 heteroatoms. The van der Waals surface area contributed by atoms with Crippen molar-refractivity contribution in [2.24, 2.45) is 0 Å². The van der Waals surface area contributed by atoms with E-state index in [1.807, 2.05) is 31.2 Å². The number of fused-ring (bicyclic) bond motifs is 1. The van der Waals surface area contributed by atoms with E-state index < -0.39 is 5.97 Å². The average molecular weight is 223 g/mol. The summed E-state index contributed by atoms with van der Waals surface area (Å²) in [7, 11) is 0. The summed E-state index contributed by atoms with van der Waals surface area (Å²) in [5.41, 5.74) is 1.11. The summed E-state index contributed by atoms with van der Waals surface area (Å²) in [5, 5.41) is 12.2. The highest BCUT2D eigenvalue weighted by Gasteiger charge is 2.26. The lowest BCUT2D eigenvalue weighted by Gasteiger charge is -2.30. The number of thioether (sulfide) groups is 1. The maximum atomic E-state index is 10.7. The van der Waals surface area contributed by atoms with Gasteiger partial charge < -0.3 is 10.4 Å². The standard InChI is InChI=1S/C11H13NO2S/c1-7-10(6-11(13)14)15-9-5-3-2-4-8(9)12-7/h2-5,7,10,12H,6H2,1H3,(H,13,14). The first kappa shape index (κ1) is 10.4. The van der Waals surface area contributed by atoms with Crippen molar-refractivity contribution in [3.05, 3.63) is 24.3 Å². The van der Waals surface area contributed by atoms with Crippen LogP contribution >= 0.6 is 11.8 Å². The minimum Gasteiger partial charge on any atom is -0.481 e. The normalized spacial score (nSPS) is 24.1. The second-order valence-corrected chi connectivity index (χ2v) is 4.96. The maximum absolute atomic E-state index is 10.7. The van der Waals surface area contributed by atoms with E-state index in [2.05, 4.69) is 5.32 Å². The van der Waals surface area contributed by atoms with Gasteiger partial charge in [-0.05, 0) is 19.1 Å². The number of hydrogen-bond acceptors (Lipinski definition) is 3. The van der Waals surface area contributed by atoms with Crippen LogP contribution in [-0.2, 0) is 4.79 Å². The Morgan fingerprint density at radius 3 is 3.00 bits per heavy atom. The molecular formula is C11H13NO2S. The largest absolute Gasteiger partial charge is 0.481 e. The molecule has 15 heavy (non-hydrogen) atoms. The van der Waals surface area contributed by atoms with Crippen LogP contribution in [0.2, 0.25) is 0 Å². The Bertz CT molecular complexity index is 381. The second kappa shape index (κ2) is 4.14. The fourth-order valence-corrected chi connectivity index (χ4v) is 2.92. The van der Waals surface area contributed by atoms with Crippen molar-refractivity contribution in [1.82, 2.24) is 0 Å². The molecule has 1 heterocycles. The number of hydrogen-bond donors (Lipinski definition) is 2. The summed E-state index contributed by atoms with van der Waals surface area (Å²) in [6.45, 7) is 2.02. The zero-order chi connectivity index (χ0) is 10.8. The van der Waals surface area contributed by atoms with Gasteiger partial charge in [0.1, 0.15) is 0 Å². The summed E-state index contributed by atoms with van der Waals surface area (Å²) in [6, 6.07) is 8.20. The Balaban J connectivity index is 2.18. The Kier molecular flexibility index (Phi) is 2.86. The molecule has 0 spiro atoms. The Morgan fingerprint density at radius 1 is 1.53 bits per heavy atom. The van der Waals surface area contributed by atoms with Gasteiger partial charge in [0, 0.05) is 21.9 Å². The van der Waals surface area contributed by atoms with Gasteiger partial charge in [0.15, 0.2) is 0 Å². The van der Waals surface area contributed by atoms with Crippen LogP contribution in [0.5, 0.6) is 0 Å². The van der Waals surface area contributed by atoms with Crippen LogP contribution in [-0.4, -0.2) is 22.4 Å². The van der Waals surface area contributed by atoms with E-state index in [1.54, 1.807) is 11.8 Å². The lowest BCUT2D eigenvalue weighted by molar-refractivity contribution is -0.137. The summed E-state index contributed by atoms with van der Waals surface area (Å²) in [5.74, 6) is -0.736. The molecule has 2 unspecified atom stereocenters. The molecule has 0 aliphatic carbocycles. The van der Waals surface area contributed by atoms with E-state index in [4.69, 9.17) is 5.11 Å². The van der Waals surface area contributed by atoms with Crippen LogP contribution in [0.25, 0.3) is 0 Å². The first-order chi connectivity index (χ1) is 7.16. The molecular weight excluding hydrogens is 210 g/mol. The van der Waals surface area contributed by atoms with Gasteiger partial charge in [-0.2, -0.15) is 0 Å². The zero-order valence-electron chi connectivity index (χ0n) is 8.43. The van der Waals surface area contributed by atoms with Gasteiger partial charge in [-0.15, -0.1) is 11.8 Å². The first-order valence-electron chi connectivity index (χ1n) is 4.91. The number of para-hydroxylation sites is 1. The third kappa shape index (κ3) is 2.26. The van der Waals surface area contributed by atoms with Gasteiger partial charge >= 0.3 is 5.97 Å². The number of anilines is 1. The van der Waals surface area contributed by atoms with Crippen LogP contribution in [0.3, 0.4) is 0 Å². The van der Waals surface area contributed by atoms with Gasteiger partial charge in [-0.1, -0.05) is 12.1 Å². The van der Waals surface area contributed by atoms with Crippen LogP contribution in [0.15, 0.2) is 29.2 Å². The van der Waals surface area contributed by atoms with E-state index in [9.17, 15) is 4.79 Å². The fraction of sp³-hybridized carbons (Fsp3) is 0.364. The molecule has 0 saturated heterocycles. The number of rotatable bonds is 2. The molecule has 2 rings (SSSR count). The number of aliphatic carboxylic acids is 1. The predicted molar refractivity (Wildman–Crippen MR) is 61.4 cm³/mol. The Morgan fingerprint density at radius 2 is 2.27 bits per heavy atom. The van der Waals surface area contributed by atoms with Gasteiger partial charge in [0.25, 0.3) is 0 Å². The van der Waals surface area contributed by atoms with E-state index in [1.165, 1.54) is 0 Å². The topological polar surface area (TPSA) is 49.3 Å². The molecule has 0 saturated carbocycles. The average Bonchev–Trinajstić information content (AvgIpc) is 2.18. The highest BCUT2D eigenvalue weighted by atomic mass is 32.2. The van der Waals surface area contributed by atoms with Crippen molar-refractivity contribution in [2.45, 2.75) is 29.5 Å². The number of carboxylic acid groups (broad SMARTS) is 1. The molecule has 1 aliphatic heterocycles. The quantitative estimate of drug-likeness (QED) is 0.808. The fourth-order valence-electron chi connectivity index (χ4n) is 1.68. The van der Waals surface area contributed by atoms with Gasteiger partial charge in [-0.3, -0.25) is 4.79 Å². The number of benzene rings is 1. The molecule has 0 bridgehead atoms. The van der Waals surface area contributed by atoms with E-state index in [0.29, 0.717) is 0 Å². The second-order valence-electron chi connectivity index (χ2n) is 3.68. The molecule has 1 aromatic carbocycles. The molecule has 1 aliphatic rings. The van der Waals surface area contributed by atoms with E-state index >= 15 is 0 Å².